The molecule has 0 aliphatic heterocycles. The monoisotopic (exact) mass is 802 g/mol. The van der Waals surface area contributed by atoms with Crippen LogP contribution in [0.3, 0.4) is 0 Å². The molecule has 0 heterocycles. The minimum Gasteiger partial charge on any atom is -0.475 e. The molecule has 0 bridgehead atoms. The molecule has 3 atom stereocenters. The molecule has 0 spiro atoms. The van der Waals surface area contributed by atoms with E-state index in [0.717, 1.165) is 5.56 Å². The highest BCUT2D eigenvalue weighted by Crippen LogP contribution is 2.99. The first-order valence-corrected chi connectivity index (χ1v) is 17.6. The van der Waals surface area contributed by atoms with Crippen molar-refractivity contribution in [2.45, 2.75) is 83.3 Å². The summed E-state index contributed by atoms with van der Waals surface area (Å²) < 4.78 is 109. The van der Waals surface area contributed by atoms with Crippen molar-refractivity contribution in [1.29, 1.82) is 0 Å². The average molecular weight is 803 g/mol. The summed E-state index contributed by atoms with van der Waals surface area (Å²) in [6.07, 6.45) is -6.77. The van der Waals surface area contributed by atoms with Gasteiger partial charge in [0.1, 0.15) is 18.7 Å². The van der Waals surface area contributed by atoms with E-state index in [1.807, 2.05) is 0 Å². The van der Waals surface area contributed by atoms with Gasteiger partial charge >= 0.3 is 40.4 Å². The molecule has 0 saturated carbocycles. The second-order valence-electron chi connectivity index (χ2n) is 10.7. The maximum atomic E-state index is 13.2. The summed E-state index contributed by atoms with van der Waals surface area (Å²) >= 11 is 0. The number of halogens is 8. The van der Waals surface area contributed by atoms with Crippen LogP contribution in [0, 0.1) is 0 Å². The highest BCUT2D eigenvalue weighted by atomic mass is 32.5. The molecule has 0 saturated heterocycles. The Morgan fingerprint density at radius 1 is 0.849 bits per heavy atom. The summed E-state index contributed by atoms with van der Waals surface area (Å²) in [5.74, 6) is -6.32. The van der Waals surface area contributed by atoms with Gasteiger partial charge < -0.3 is 41.0 Å². The maximum absolute atomic E-state index is 13.2. The van der Waals surface area contributed by atoms with Gasteiger partial charge in [-0.15, -0.1) is 0 Å². The summed E-state index contributed by atoms with van der Waals surface area (Å²) in [6.45, 7) is 3.28. The number of alkyl halides is 3. The second kappa shape index (κ2) is 21.1. The van der Waals surface area contributed by atoms with E-state index in [0.29, 0.717) is 0 Å². The zero-order valence-electron chi connectivity index (χ0n) is 28.5. The number of aliphatic carboxylic acids is 1. The van der Waals surface area contributed by atoms with E-state index >= 15 is 0 Å². The first-order chi connectivity index (χ1) is 24.3. The van der Waals surface area contributed by atoms with Crippen molar-refractivity contribution in [3.8, 4) is 0 Å². The number of nitrogens with two attached hydrogens (primary N) is 1. The van der Waals surface area contributed by atoms with Crippen LogP contribution >= 0.6 is 10.2 Å². The van der Waals surface area contributed by atoms with Gasteiger partial charge in [0, 0.05) is 13.0 Å². The van der Waals surface area contributed by atoms with Crippen LogP contribution in [0.1, 0.15) is 57.9 Å². The van der Waals surface area contributed by atoms with Crippen LogP contribution in [-0.2, 0) is 44.8 Å². The average Bonchev–Trinajstić information content (AvgIpc) is 3.04. The smallest absolute Gasteiger partial charge is 0.475 e. The number of carbonyl (C=O) groups excluding carboxylic acids is 5. The molecule has 0 radical (unpaired) electrons. The lowest BCUT2D eigenvalue weighted by atomic mass is 10.1. The lowest BCUT2D eigenvalue weighted by Gasteiger charge is -2.36. The maximum Gasteiger partial charge on any atom is 0.490 e. The number of unbranched alkanes of at least 4 members (excludes halogenated alkanes) is 1. The van der Waals surface area contributed by atoms with E-state index in [4.69, 9.17) is 29.8 Å². The van der Waals surface area contributed by atoms with E-state index in [1.54, 1.807) is 37.3 Å². The van der Waals surface area contributed by atoms with E-state index in [2.05, 4.69) is 16.0 Å². The Morgan fingerprint density at radius 2 is 1.42 bits per heavy atom. The normalized spacial score (nSPS) is 14.5. The van der Waals surface area contributed by atoms with Crippen LogP contribution in [0.2, 0.25) is 0 Å². The number of carboxylic acid groups (broad SMARTS) is 1. The number of carbonyl (C=O) groups is 6. The number of carboxylic acids is 1. The fourth-order valence-corrected chi connectivity index (χ4v) is 4.21. The van der Waals surface area contributed by atoms with Crippen molar-refractivity contribution in [1.82, 2.24) is 16.0 Å². The van der Waals surface area contributed by atoms with Gasteiger partial charge in [-0.05, 0) is 51.5 Å². The third kappa shape index (κ3) is 25.0. The third-order valence-electron chi connectivity index (χ3n) is 6.19. The molecule has 3 amide bonds. The van der Waals surface area contributed by atoms with Gasteiger partial charge in [0.15, 0.2) is 0 Å². The third-order valence-corrected chi connectivity index (χ3v) is 6.89. The molecule has 23 heteroatoms. The zero-order valence-corrected chi connectivity index (χ0v) is 29.3. The number of hydrogen-bond acceptors (Lipinski definition) is 10. The van der Waals surface area contributed by atoms with Gasteiger partial charge in [-0.1, -0.05) is 55.8 Å². The molecule has 53 heavy (non-hydrogen) atoms. The Bertz CT molecular complexity index is 1400. The van der Waals surface area contributed by atoms with Crippen LogP contribution < -0.4 is 21.7 Å². The van der Waals surface area contributed by atoms with Crippen LogP contribution in [0.5, 0.6) is 0 Å². The molecule has 6 N–H and O–H groups in total. The van der Waals surface area contributed by atoms with Crippen molar-refractivity contribution >= 4 is 46.0 Å². The first kappa shape index (κ1) is 48.3. The Hall–Kier alpha value is -4.67. The van der Waals surface area contributed by atoms with E-state index < -0.39 is 82.2 Å². The SMILES string of the molecule is CCOC(=O)CC[C@H](NC(=O)[C@H](CCCCNC(=O)OCc1ccccc1)NC(=O)C(N)C/C=C/S(F)(F)(F)(F)F)C(=O)OCC.O=C(O)C(F)(F)F. The summed E-state index contributed by atoms with van der Waals surface area (Å²) in [5, 5.41) is 13.1. The number of ether oxygens (including phenoxy) is 3. The number of esters is 2. The van der Waals surface area contributed by atoms with E-state index in [1.165, 1.54) is 6.92 Å². The number of benzene rings is 1. The predicted octanol–water partition coefficient (Wildman–Crippen LogP) is 5.12. The molecule has 0 aromatic heterocycles. The number of hydrogen-bond donors (Lipinski definition) is 5. The van der Waals surface area contributed by atoms with Crippen molar-refractivity contribution in [2.24, 2.45) is 5.73 Å². The molecule has 1 aromatic rings. The van der Waals surface area contributed by atoms with Crippen LogP contribution in [0.15, 0.2) is 41.8 Å². The lowest BCUT2D eigenvalue weighted by molar-refractivity contribution is -0.192. The van der Waals surface area contributed by atoms with Crippen LogP contribution in [0.4, 0.5) is 37.4 Å². The number of amides is 3. The Kier molecular flexibility index (Phi) is 19.3. The fourth-order valence-electron chi connectivity index (χ4n) is 3.74. The zero-order chi connectivity index (χ0) is 40.9. The minimum atomic E-state index is -9.87. The number of rotatable bonds is 20. The molecule has 0 fully saturated rings. The van der Waals surface area contributed by atoms with Gasteiger partial charge in [-0.2, -0.15) is 13.2 Å². The number of alkyl carbamates (subject to hydrolysis) is 1. The van der Waals surface area contributed by atoms with Gasteiger partial charge in [-0.25, -0.2) is 14.4 Å². The Labute approximate surface area is 298 Å². The van der Waals surface area contributed by atoms with Gasteiger partial charge in [-0.3, -0.25) is 14.4 Å². The summed E-state index contributed by atoms with van der Waals surface area (Å²) in [5.41, 5.74) is 6.35. The van der Waals surface area contributed by atoms with Crippen molar-refractivity contribution in [3.05, 3.63) is 47.4 Å². The molecule has 14 nitrogen and oxygen atoms in total. The lowest BCUT2D eigenvalue weighted by Crippen LogP contribution is -2.54. The molecule has 1 rings (SSSR count). The van der Waals surface area contributed by atoms with Gasteiger partial charge in [0.05, 0.1) is 24.7 Å². The highest BCUT2D eigenvalue weighted by molar-refractivity contribution is 8.48. The quantitative estimate of drug-likeness (QED) is 0.0505. The number of nitrogens with one attached hydrogen (secondary N) is 3. The summed E-state index contributed by atoms with van der Waals surface area (Å²) in [7, 11) is -9.87. The molecule has 1 aromatic carbocycles. The van der Waals surface area contributed by atoms with Crippen molar-refractivity contribution < 1.29 is 80.7 Å². The first-order valence-electron chi connectivity index (χ1n) is 15.6. The second-order valence-corrected chi connectivity index (χ2v) is 13.1. The molecule has 0 aliphatic carbocycles. The Morgan fingerprint density at radius 3 is 1.94 bits per heavy atom. The molecule has 304 valence electrons. The molecular formula is C30H42F8N4O10S. The van der Waals surface area contributed by atoms with Crippen LogP contribution in [-0.4, -0.2) is 85.0 Å². The highest BCUT2D eigenvalue weighted by Gasteiger charge is 2.60. The minimum absolute atomic E-state index is 0.0234. The molecular weight excluding hydrogens is 760 g/mol. The standard InChI is InChI=1S/C28H41F5N4O8S.C2HF3O2/c1-3-43-24(38)16-15-23(27(41)44-4-2)37-26(40)22(36-25(39)21(34)13-10-18-46(29,30,31,32)33)14-8-9-17-35-28(42)45-19-20-11-6-5-7-12-20;3-2(4,5)1(6)7/h5-7,10-12,18,21-23H,3-4,8-9,13-17,19,34H2,1-2H3,(H,35,42)(H,36,39)(H,37,40);(H,6,7)/b18-10+;/t21?,22-,23-;/m0./s1. The Balaban J connectivity index is 0.00000348. The largest absolute Gasteiger partial charge is 0.490 e. The predicted molar refractivity (Wildman–Crippen MR) is 173 cm³/mol. The van der Waals surface area contributed by atoms with Crippen molar-refractivity contribution in [2.75, 3.05) is 19.8 Å². The van der Waals surface area contributed by atoms with Gasteiger partial charge in [0.2, 0.25) is 11.8 Å². The van der Waals surface area contributed by atoms with Crippen LogP contribution in [0.25, 0.3) is 0 Å². The fraction of sp³-hybridized carbons (Fsp3) is 0.533. The molecule has 0 aliphatic rings. The summed E-state index contributed by atoms with van der Waals surface area (Å²) in [4.78, 5) is 70.9. The van der Waals surface area contributed by atoms with Gasteiger partial charge in [0.25, 0.3) is 0 Å². The van der Waals surface area contributed by atoms with Crippen molar-refractivity contribution in [3.63, 3.8) is 0 Å². The summed E-state index contributed by atoms with van der Waals surface area (Å²) in [6, 6.07) is 4.44. The molecule has 1 unspecified atom stereocenters. The van der Waals surface area contributed by atoms with E-state index in [-0.39, 0.29) is 64.5 Å². The van der Waals surface area contributed by atoms with E-state index in [9.17, 15) is 56.6 Å². The topological polar surface area (TPSA) is 212 Å².